The molecule has 2 amide bonds. The Morgan fingerprint density at radius 2 is 1.87 bits per heavy atom. The lowest BCUT2D eigenvalue weighted by Gasteiger charge is -2.06. The van der Waals surface area contributed by atoms with Gasteiger partial charge in [0.1, 0.15) is 0 Å². The smallest absolute Gasteiger partial charge is 0.307 e. The number of benzene rings is 1. The average molecular weight is 314 g/mol. The fourth-order valence-corrected chi connectivity index (χ4v) is 1.64. The van der Waals surface area contributed by atoms with Crippen molar-refractivity contribution in [2.45, 2.75) is 6.92 Å². The summed E-state index contributed by atoms with van der Waals surface area (Å²) < 4.78 is 4.90. The van der Waals surface area contributed by atoms with E-state index in [1.54, 1.807) is 36.4 Å². The molecule has 0 atom stereocenters. The molecule has 0 bridgehead atoms. The molecule has 0 aliphatic rings. The summed E-state index contributed by atoms with van der Waals surface area (Å²) in [6.07, 6.45) is 1.35. The molecule has 1 aromatic heterocycles. The molecule has 23 heavy (non-hydrogen) atoms. The zero-order chi connectivity index (χ0) is 16.7. The molecule has 2 aromatic rings. The number of rotatable bonds is 5. The van der Waals surface area contributed by atoms with Crippen molar-refractivity contribution >= 4 is 28.9 Å². The van der Waals surface area contributed by atoms with E-state index in [0.29, 0.717) is 5.69 Å². The molecule has 8 heteroatoms. The van der Waals surface area contributed by atoms with Crippen molar-refractivity contribution in [3.8, 4) is 0 Å². The molecule has 1 heterocycles. The van der Waals surface area contributed by atoms with Crippen molar-refractivity contribution in [1.29, 1.82) is 0 Å². The van der Waals surface area contributed by atoms with Gasteiger partial charge in [-0.05, 0) is 31.2 Å². The third-order valence-electron chi connectivity index (χ3n) is 2.76. The molecule has 2 rings (SSSR count). The molecule has 3 N–H and O–H groups in total. The summed E-state index contributed by atoms with van der Waals surface area (Å²) in [4.78, 5) is 23.7. The zero-order valence-electron chi connectivity index (χ0n) is 12.2. The van der Waals surface area contributed by atoms with Gasteiger partial charge in [0.15, 0.2) is 11.5 Å². The van der Waals surface area contributed by atoms with Crippen molar-refractivity contribution in [3.05, 3.63) is 54.5 Å². The number of hydrogen-bond acceptors (Lipinski definition) is 6. The number of carbonyl (C=O) groups excluding carboxylic acids is 2. The predicted molar refractivity (Wildman–Crippen MR) is 83.6 cm³/mol. The first-order valence-corrected chi connectivity index (χ1v) is 6.58. The van der Waals surface area contributed by atoms with Gasteiger partial charge in [0.2, 0.25) is 0 Å². The van der Waals surface area contributed by atoms with Gasteiger partial charge in [-0.2, -0.15) is 5.10 Å². The molecular weight excluding hydrogens is 300 g/mol. The van der Waals surface area contributed by atoms with Gasteiger partial charge < -0.3 is 14.9 Å². The quantitative estimate of drug-likeness (QED) is 0.443. The van der Waals surface area contributed by atoms with E-state index in [4.69, 9.17) is 9.62 Å². The SMILES string of the molecule is CC(=N/NC(=O)c1ccco1)/C(=N\O)C(=O)Nc1ccccc1. The summed E-state index contributed by atoms with van der Waals surface area (Å²) in [7, 11) is 0. The number of amides is 2. The van der Waals surface area contributed by atoms with Crippen LogP contribution >= 0.6 is 0 Å². The molecule has 118 valence electrons. The third kappa shape index (κ3) is 4.27. The first-order chi connectivity index (χ1) is 11.1. The number of hydrogen-bond donors (Lipinski definition) is 3. The highest BCUT2D eigenvalue weighted by molar-refractivity contribution is 6.68. The van der Waals surface area contributed by atoms with E-state index in [-0.39, 0.29) is 17.2 Å². The van der Waals surface area contributed by atoms with Crippen molar-refractivity contribution < 1.29 is 19.2 Å². The van der Waals surface area contributed by atoms with E-state index in [0.717, 1.165) is 0 Å². The number of furan rings is 1. The van der Waals surface area contributed by atoms with Crippen molar-refractivity contribution in [1.82, 2.24) is 5.43 Å². The highest BCUT2D eigenvalue weighted by Gasteiger charge is 2.17. The maximum Gasteiger partial charge on any atom is 0.307 e. The first-order valence-electron chi connectivity index (χ1n) is 6.58. The van der Waals surface area contributed by atoms with Crippen LogP contribution in [0.3, 0.4) is 0 Å². The van der Waals surface area contributed by atoms with Gasteiger partial charge in [-0.1, -0.05) is 23.4 Å². The summed E-state index contributed by atoms with van der Waals surface area (Å²) in [5.41, 5.74) is 2.44. The lowest BCUT2D eigenvalue weighted by Crippen LogP contribution is -2.31. The van der Waals surface area contributed by atoms with Crippen molar-refractivity contribution in [2.24, 2.45) is 10.3 Å². The fourth-order valence-electron chi connectivity index (χ4n) is 1.64. The van der Waals surface area contributed by atoms with E-state index < -0.39 is 11.8 Å². The predicted octanol–water partition coefficient (Wildman–Crippen LogP) is 1.85. The Hall–Kier alpha value is -3.42. The lowest BCUT2D eigenvalue weighted by molar-refractivity contribution is -0.110. The van der Waals surface area contributed by atoms with Crippen LogP contribution in [0.1, 0.15) is 17.5 Å². The van der Waals surface area contributed by atoms with Gasteiger partial charge in [-0.15, -0.1) is 0 Å². The molecular formula is C15H14N4O4. The Morgan fingerprint density at radius 3 is 2.48 bits per heavy atom. The zero-order valence-corrected chi connectivity index (χ0v) is 12.2. The van der Waals surface area contributed by atoms with Crippen LogP contribution in [0.25, 0.3) is 0 Å². The first kappa shape index (κ1) is 16.0. The van der Waals surface area contributed by atoms with E-state index in [2.05, 4.69) is 21.0 Å². The van der Waals surface area contributed by atoms with Crippen LogP contribution in [0, 0.1) is 0 Å². The van der Waals surface area contributed by atoms with Crippen LogP contribution in [0.2, 0.25) is 0 Å². The third-order valence-corrected chi connectivity index (χ3v) is 2.76. The normalized spacial score (nSPS) is 11.9. The van der Waals surface area contributed by atoms with Gasteiger partial charge in [-0.3, -0.25) is 9.59 Å². The van der Waals surface area contributed by atoms with Crippen LogP contribution in [-0.2, 0) is 4.79 Å². The maximum atomic E-state index is 12.0. The van der Waals surface area contributed by atoms with Gasteiger partial charge in [0.05, 0.1) is 12.0 Å². The summed E-state index contributed by atoms with van der Waals surface area (Å²) in [6, 6.07) is 11.7. The fraction of sp³-hybridized carbons (Fsp3) is 0.0667. The molecule has 1 aromatic carbocycles. The van der Waals surface area contributed by atoms with E-state index in [1.165, 1.54) is 19.3 Å². The van der Waals surface area contributed by atoms with Crippen molar-refractivity contribution in [2.75, 3.05) is 5.32 Å². The summed E-state index contributed by atoms with van der Waals surface area (Å²) in [5.74, 6) is -1.18. The summed E-state index contributed by atoms with van der Waals surface area (Å²) in [5, 5.41) is 18.2. The molecule has 0 saturated heterocycles. The van der Waals surface area contributed by atoms with Gasteiger partial charge in [-0.25, -0.2) is 5.43 Å². The number of oxime groups is 1. The maximum absolute atomic E-state index is 12.0. The largest absolute Gasteiger partial charge is 0.459 e. The number of nitrogens with zero attached hydrogens (tertiary/aromatic N) is 2. The van der Waals surface area contributed by atoms with Gasteiger partial charge in [0, 0.05) is 5.69 Å². The molecule has 0 aliphatic heterocycles. The van der Waals surface area contributed by atoms with E-state index >= 15 is 0 Å². The number of nitrogens with one attached hydrogen (secondary N) is 2. The monoisotopic (exact) mass is 314 g/mol. The van der Waals surface area contributed by atoms with Crippen LogP contribution in [0.4, 0.5) is 5.69 Å². The minimum absolute atomic E-state index is 0.0286. The van der Waals surface area contributed by atoms with Gasteiger partial charge >= 0.3 is 5.91 Å². The average Bonchev–Trinajstić information content (AvgIpc) is 3.08. The van der Waals surface area contributed by atoms with Gasteiger partial charge in [0.25, 0.3) is 5.91 Å². The van der Waals surface area contributed by atoms with E-state index in [9.17, 15) is 9.59 Å². The second-order valence-corrected chi connectivity index (χ2v) is 4.38. The van der Waals surface area contributed by atoms with Crippen LogP contribution < -0.4 is 10.7 Å². The Bertz CT molecular complexity index is 736. The number of anilines is 1. The molecule has 0 fully saturated rings. The second kappa shape index (κ2) is 7.55. The van der Waals surface area contributed by atoms with Crippen LogP contribution in [-0.4, -0.2) is 28.4 Å². The lowest BCUT2D eigenvalue weighted by atomic mass is 10.2. The standard InChI is InChI=1S/C15H14N4O4/c1-10(17-18-14(20)12-8-5-9-23-12)13(19-22)15(21)16-11-6-3-2-4-7-11/h2-9,22H,1H3,(H,16,21)(H,18,20)/b17-10-,19-13+. The summed E-state index contributed by atoms with van der Waals surface area (Å²) >= 11 is 0. The highest BCUT2D eigenvalue weighted by atomic mass is 16.4. The Kier molecular flexibility index (Phi) is 5.24. The Labute approximate surface area is 131 Å². The molecule has 0 spiro atoms. The molecule has 0 radical (unpaired) electrons. The van der Waals surface area contributed by atoms with Crippen LogP contribution in [0.5, 0.6) is 0 Å². The molecule has 0 aliphatic carbocycles. The van der Waals surface area contributed by atoms with Crippen molar-refractivity contribution in [3.63, 3.8) is 0 Å². The number of carbonyl (C=O) groups is 2. The number of para-hydroxylation sites is 1. The summed E-state index contributed by atoms with van der Waals surface area (Å²) in [6.45, 7) is 1.42. The molecule has 0 saturated carbocycles. The minimum atomic E-state index is -0.660. The Balaban J connectivity index is 2.03. The van der Waals surface area contributed by atoms with Crippen LogP contribution in [0.15, 0.2) is 63.4 Å². The second-order valence-electron chi connectivity index (χ2n) is 4.38. The molecule has 8 nitrogen and oxygen atoms in total. The minimum Gasteiger partial charge on any atom is -0.459 e. The highest BCUT2D eigenvalue weighted by Crippen LogP contribution is 2.05. The van der Waals surface area contributed by atoms with E-state index in [1.807, 2.05) is 0 Å². The Morgan fingerprint density at radius 1 is 1.13 bits per heavy atom. The topological polar surface area (TPSA) is 116 Å². The number of hydrazone groups is 1. The molecule has 0 unspecified atom stereocenters.